The number of ketones is 1. The van der Waals surface area contributed by atoms with E-state index in [4.69, 9.17) is 11.6 Å². The average Bonchev–Trinajstić information content (AvgIpc) is 2.51. The van der Waals surface area contributed by atoms with Gasteiger partial charge in [0, 0.05) is 17.9 Å². The van der Waals surface area contributed by atoms with Gasteiger partial charge in [-0.15, -0.1) is 0 Å². The Bertz CT molecular complexity index is 386. The minimum absolute atomic E-state index is 0.127. The van der Waals surface area contributed by atoms with Crippen molar-refractivity contribution in [1.82, 2.24) is 0 Å². The lowest BCUT2D eigenvalue weighted by atomic mass is 9.82. The molecular weight excluding hydrogens is 208 g/mol. The molecule has 1 saturated carbocycles. The zero-order chi connectivity index (χ0) is 10.9. The van der Waals surface area contributed by atoms with Crippen LogP contribution in [-0.4, -0.2) is 5.78 Å². The molecule has 1 atom stereocenters. The van der Waals surface area contributed by atoms with Crippen molar-refractivity contribution >= 4 is 17.4 Å². The van der Waals surface area contributed by atoms with Gasteiger partial charge in [0.1, 0.15) is 5.78 Å². The van der Waals surface area contributed by atoms with E-state index in [0.29, 0.717) is 12.2 Å². The van der Waals surface area contributed by atoms with E-state index in [1.54, 1.807) is 0 Å². The number of hydrogen-bond acceptors (Lipinski definition) is 1. The van der Waals surface area contributed by atoms with Crippen LogP contribution in [0.3, 0.4) is 0 Å². The fourth-order valence-corrected chi connectivity index (χ4v) is 2.55. The highest BCUT2D eigenvalue weighted by Gasteiger charge is 2.34. The molecule has 2 rings (SSSR count). The Balaban J connectivity index is 2.15. The molecule has 1 unspecified atom stereocenters. The largest absolute Gasteiger partial charge is 0.300 e. The number of hydrogen-bond donors (Lipinski definition) is 0. The smallest absolute Gasteiger partial charge is 0.133 e. The highest BCUT2D eigenvalue weighted by molar-refractivity contribution is 6.31. The van der Waals surface area contributed by atoms with E-state index in [-0.39, 0.29) is 5.41 Å². The summed E-state index contributed by atoms with van der Waals surface area (Å²) in [5.41, 5.74) is 1.29. The van der Waals surface area contributed by atoms with Gasteiger partial charge in [0.25, 0.3) is 0 Å². The number of Topliss-reactive ketones (excluding diaryl/α,β-unsaturated/α-hetero) is 1. The molecular formula is C13H15ClO. The molecule has 1 fully saturated rings. The predicted molar refractivity (Wildman–Crippen MR) is 62.1 cm³/mol. The van der Waals surface area contributed by atoms with Crippen molar-refractivity contribution in [3.05, 3.63) is 34.9 Å². The summed E-state index contributed by atoms with van der Waals surface area (Å²) in [5.74, 6) is 0.393. The van der Waals surface area contributed by atoms with Crippen LogP contribution in [0.5, 0.6) is 0 Å². The third-order valence-corrected chi connectivity index (χ3v) is 3.58. The molecule has 1 aromatic carbocycles. The van der Waals surface area contributed by atoms with Crippen molar-refractivity contribution in [2.75, 3.05) is 0 Å². The Kier molecular flexibility index (Phi) is 2.83. The molecule has 15 heavy (non-hydrogen) atoms. The molecule has 1 aliphatic rings. The Hall–Kier alpha value is -0.820. The fraction of sp³-hybridized carbons (Fsp3) is 0.462. The number of halogens is 1. The molecule has 0 aromatic heterocycles. The molecule has 0 saturated heterocycles. The molecule has 0 aliphatic heterocycles. The topological polar surface area (TPSA) is 17.1 Å². The first-order valence-electron chi connectivity index (χ1n) is 5.34. The summed E-state index contributed by atoms with van der Waals surface area (Å²) in [6.07, 6.45) is 3.36. The molecule has 2 heteroatoms. The van der Waals surface area contributed by atoms with Crippen LogP contribution < -0.4 is 0 Å². The Morgan fingerprint density at radius 2 is 2.13 bits per heavy atom. The van der Waals surface area contributed by atoms with Crippen LogP contribution in [0.25, 0.3) is 0 Å². The maximum Gasteiger partial charge on any atom is 0.133 e. The van der Waals surface area contributed by atoms with E-state index in [1.807, 2.05) is 18.2 Å². The average molecular weight is 223 g/mol. The van der Waals surface area contributed by atoms with Gasteiger partial charge >= 0.3 is 0 Å². The van der Waals surface area contributed by atoms with E-state index in [9.17, 15) is 4.79 Å². The van der Waals surface area contributed by atoms with Crippen LogP contribution in [0.2, 0.25) is 5.02 Å². The van der Waals surface area contributed by atoms with Crippen LogP contribution in [0.1, 0.15) is 31.7 Å². The number of benzene rings is 1. The molecule has 0 radical (unpaired) electrons. The van der Waals surface area contributed by atoms with E-state index in [1.165, 1.54) is 0 Å². The summed E-state index contributed by atoms with van der Waals surface area (Å²) in [6, 6.07) is 7.91. The molecule has 0 amide bonds. The normalized spacial score (nSPS) is 25.9. The number of carbonyl (C=O) groups is 1. The molecule has 0 heterocycles. The zero-order valence-corrected chi connectivity index (χ0v) is 9.68. The van der Waals surface area contributed by atoms with Gasteiger partial charge in [-0.3, -0.25) is 4.79 Å². The fourth-order valence-electron chi connectivity index (χ4n) is 2.35. The Morgan fingerprint density at radius 1 is 1.40 bits per heavy atom. The minimum atomic E-state index is 0.127. The first-order chi connectivity index (χ1) is 7.09. The van der Waals surface area contributed by atoms with Gasteiger partial charge in [-0.1, -0.05) is 36.7 Å². The highest BCUT2D eigenvalue weighted by atomic mass is 35.5. The summed E-state index contributed by atoms with van der Waals surface area (Å²) in [7, 11) is 0. The van der Waals surface area contributed by atoms with Crippen LogP contribution in [-0.2, 0) is 11.2 Å². The van der Waals surface area contributed by atoms with Gasteiger partial charge in [-0.05, 0) is 29.9 Å². The van der Waals surface area contributed by atoms with Gasteiger partial charge in [0.2, 0.25) is 0 Å². The summed E-state index contributed by atoms with van der Waals surface area (Å²) < 4.78 is 0. The third kappa shape index (κ3) is 2.40. The lowest BCUT2D eigenvalue weighted by Gasteiger charge is -2.22. The van der Waals surface area contributed by atoms with E-state index in [2.05, 4.69) is 13.0 Å². The third-order valence-electron chi connectivity index (χ3n) is 3.21. The van der Waals surface area contributed by atoms with Crippen LogP contribution >= 0.6 is 11.6 Å². The van der Waals surface area contributed by atoms with E-state index in [0.717, 1.165) is 29.8 Å². The second-order valence-corrected chi connectivity index (χ2v) is 5.20. The summed E-state index contributed by atoms with van der Waals surface area (Å²) in [6.45, 7) is 2.18. The van der Waals surface area contributed by atoms with Gasteiger partial charge < -0.3 is 0 Å². The van der Waals surface area contributed by atoms with Crippen molar-refractivity contribution in [2.45, 2.75) is 32.6 Å². The zero-order valence-electron chi connectivity index (χ0n) is 8.92. The van der Waals surface area contributed by atoms with Crippen molar-refractivity contribution in [3.63, 3.8) is 0 Å². The summed E-state index contributed by atoms with van der Waals surface area (Å²) >= 11 is 6.12. The van der Waals surface area contributed by atoms with Crippen molar-refractivity contribution in [2.24, 2.45) is 5.41 Å². The van der Waals surface area contributed by atoms with Gasteiger partial charge in [0.05, 0.1) is 0 Å². The van der Waals surface area contributed by atoms with E-state index < -0.39 is 0 Å². The number of rotatable bonds is 2. The first-order valence-corrected chi connectivity index (χ1v) is 5.72. The maximum absolute atomic E-state index is 11.3. The second kappa shape index (κ2) is 3.97. The molecule has 1 nitrogen and oxygen atoms in total. The molecule has 0 N–H and O–H groups in total. The van der Waals surface area contributed by atoms with Crippen molar-refractivity contribution < 1.29 is 4.79 Å². The van der Waals surface area contributed by atoms with Gasteiger partial charge in [-0.2, -0.15) is 0 Å². The van der Waals surface area contributed by atoms with Crippen molar-refractivity contribution in [3.8, 4) is 0 Å². The Labute approximate surface area is 95.4 Å². The van der Waals surface area contributed by atoms with Gasteiger partial charge in [0.15, 0.2) is 0 Å². The quantitative estimate of drug-likeness (QED) is 0.747. The second-order valence-electron chi connectivity index (χ2n) is 4.79. The minimum Gasteiger partial charge on any atom is -0.300 e. The first kappa shape index (κ1) is 10.7. The molecule has 0 spiro atoms. The molecule has 1 aliphatic carbocycles. The number of carbonyl (C=O) groups excluding carboxylic acids is 1. The molecule has 80 valence electrons. The standard InChI is InChI=1S/C13H15ClO/c1-13(7-6-11(15)9-13)8-10-4-2-3-5-12(10)14/h2-5H,6-9H2,1H3. The maximum atomic E-state index is 11.3. The molecule has 0 bridgehead atoms. The van der Waals surface area contributed by atoms with Gasteiger partial charge in [-0.25, -0.2) is 0 Å². The van der Waals surface area contributed by atoms with E-state index >= 15 is 0 Å². The monoisotopic (exact) mass is 222 g/mol. The summed E-state index contributed by atoms with van der Waals surface area (Å²) in [4.78, 5) is 11.3. The molecule has 1 aromatic rings. The van der Waals surface area contributed by atoms with Crippen LogP contribution in [0, 0.1) is 5.41 Å². The summed E-state index contributed by atoms with van der Waals surface area (Å²) in [5, 5.41) is 0.818. The lowest BCUT2D eigenvalue weighted by molar-refractivity contribution is -0.117. The Morgan fingerprint density at radius 3 is 2.73 bits per heavy atom. The van der Waals surface area contributed by atoms with Crippen LogP contribution in [0.4, 0.5) is 0 Å². The van der Waals surface area contributed by atoms with Crippen molar-refractivity contribution in [1.29, 1.82) is 0 Å². The SMILES string of the molecule is CC1(Cc2ccccc2Cl)CCC(=O)C1. The lowest BCUT2D eigenvalue weighted by Crippen LogP contribution is -2.15. The highest BCUT2D eigenvalue weighted by Crippen LogP contribution is 2.39. The predicted octanol–water partition coefficient (Wildman–Crippen LogP) is 3.64. The van der Waals surface area contributed by atoms with Crippen LogP contribution in [0.15, 0.2) is 24.3 Å².